The summed E-state index contributed by atoms with van der Waals surface area (Å²) in [5, 5.41) is 0. The van der Waals surface area contributed by atoms with E-state index in [0.29, 0.717) is 0 Å². The fourth-order valence-electron chi connectivity index (χ4n) is 1.81. The maximum atomic E-state index is 11.6. The molecule has 1 heterocycles. The van der Waals surface area contributed by atoms with Gasteiger partial charge < -0.3 is 9.64 Å². The van der Waals surface area contributed by atoms with E-state index in [1.165, 1.54) is 0 Å². The average molecular weight is 199 g/mol. The molecule has 0 aromatic carbocycles. The van der Waals surface area contributed by atoms with Crippen molar-refractivity contribution in [3.05, 3.63) is 0 Å². The number of piperidine rings is 1. The van der Waals surface area contributed by atoms with Gasteiger partial charge in [0, 0.05) is 0 Å². The standard InChI is InChI=1S/C11H21NO2/c1-4-12-7-5-10(6-8-12)11(13)14-9(2)3/h9-10H,4-8H2,1-3H3. The molecule has 3 nitrogen and oxygen atoms in total. The number of carbonyl (C=O) groups excluding carboxylic acids is 1. The Hall–Kier alpha value is -0.570. The molecule has 1 aliphatic rings. The molecule has 1 saturated heterocycles. The van der Waals surface area contributed by atoms with E-state index in [2.05, 4.69) is 11.8 Å². The molecule has 0 aromatic rings. The summed E-state index contributed by atoms with van der Waals surface area (Å²) in [4.78, 5) is 13.9. The van der Waals surface area contributed by atoms with Crippen molar-refractivity contribution < 1.29 is 9.53 Å². The normalized spacial score (nSPS) is 20.0. The van der Waals surface area contributed by atoms with Gasteiger partial charge in [-0.1, -0.05) is 6.92 Å². The number of esters is 1. The molecule has 0 atom stereocenters. The predicted molar refractivity (Wildman–Crippen MR) is 56.1 cm³/mol. The summed E-state index contributed by atoms with van der Waals surface area (Å²) < 4.78 is 5.20. The number of rotatable bonds is 3. The molecule has 3 heteroatoms. The molecule has 0 radical (unpaired) electrons. The lowest BCUT2D eigenvalue weighted by atomic mass is 9.97. The molecule has 1 aliphatic heterocycles. The number of likely N-dealkylation sites (tertiary alicyclic amines) is 1. The van der Waals surface area contributed by atoms with Gasteiger partial charge in [0.15, 0.2) is 0 Å². The van der Waals surface area contributed by atoms with Crippen LogP contribution in [0.1, 0.15) is 33.6 Å². The van der Waals surface area contributed by atoms with Crippen molar-refractivity contribution in [2.75, 3.05) is 19.6 Å². The van der Waals surface area contributed by atoms with Gasteiger partial charge in [0.1, 0.15) is 0 Å². The third kappa shape index (κ3) is 3.29. The van der Waals surface area contributed by atoms with Gasteiger partial charge in [-0.25, -0.2) is 0 Å². The Morgan fingerprint density at radius 3 is 2.43 bits per heavy atom. The molecular weight excluding hydrogens is 178 g/mol. The van der Waals surface area contributed by atoms with Crippen LogP contribution in [0.2, 0.25) is 0 Å². The van der Waals surface area contributed by atoms with Crippen molar-refractivity contribution in [1.82, 2.24) is 4.90 Å². The summed E-state index contributed by atoms with van der Waals surface area (Å²) in [6.45, 7) is 9.12. The molecule has 0 N–H and O–H groups in total. The highest BCUT2D eigenvalue weighted by atomic mass is 16.5. The molecule has 0 amide bonds. The molecule has 0 spiro atoms. The summed E-state index contributed by atoms with van der Waals surface area (Å²) in [5.41, 5.74) is 0. The van der Waals surface area contributed by atoms with E-state index in [1.54, 1.807) is 0 Å². The second kappa shape index (κ2) is 5.35. The van der Waals surface area contributed by atoms with Gasteiger partial charge in [0.05, 0.1) is 12.0 Å². The lowest BCUT2D eigenvalue weighted by Crippen LogP contribution is -2.37. The third-order valence-corrected chi connectivity index (χ3v) is 2.72. The highest BCUT2D eigenvalue weighted by Crippen LogP contribution is 2.18. The summed E-state index contributed by atoms with van der Waals surface area (Å²) in [5.74, 6) is 0.135. The lowest BCUT2D eigenvalue weighted by molar-refractivity contribution is -0.154. The van der Waals surface area contributed by atoms with Crippen molar-refractivity contribution in [3.63, 3.8) is 0 Å². The molecule has 14 heavy (non-hydrogen) atoms. The van der Waals surface area contributed by atoms with Crippen molar-refractivity contribution in [3.8, 4) is 0 Å². The van der Waals surface area contributed by atoms with E-state index in [0.717, 1.165) is 32.5 Å². The Morgan fingerprint density at radius 1 is 1.43 bits per heavy atom. The lowest BCUT2D eigenvalue weighted by Gasteiger charge is -2.30. The van der Waals surface area contributed by atoms with Crippen LogP contribution >= 0.6 is 0 Å². The Kier molecular flexibility index (Phi) is 4.39. The number of carbonyl (C=O) groups is 1. The maximum Gasteiger partial charge on any atom is 0.309 e. The smallest absolute Gasteiger partial charge is 0.309 e. The summed E-state index contributed by atoms with van der Waals surface area (Å²) in [6.07, 6.45) is 1.94. The number of hydrogen-bond acceptors (Lipinski definition) is 3. The molecule has 0 unspecified atom stereocenters. The zero-order valence-corrected chi connectivity index (χ0v) is 9.45. The Balaban J connectivity index is 2.30. The van der Waals surface area contributed by atoms with E-state index < -0.39 is 0 Å². The molecule has 0 aromatic heterocycles. The van der Waals surface area contributed by atoms with Gasteiger partial charge >= 0.3 is 5.97 Å². The summed E-state index contributed by atoms with van der Waals surface area (Å²) >= 11 is 0. The number of hydrogen-bond donors (Lipinski definition) is 0. The first-order valence-electron chi connectivity index (χ1n) is 5.56. The molecule has 1 fully saturated rings. The second-order valence-corrected chi connectivity index (χ2v) is 4.19. The average Bonchev–Trinajstić information content (AvgIpc) is 2.17. The van der Waals surface area contributed by atoms with Crippen LogP contribution < -0.4 is 0 Å². The van der Waals surface area contributed by atoms with Crippen LogP contribution in [-0.2, 0) is 9.53 Å². The SMILES string of the molecule is CCN1CCC(C(=O)OC(C)C)CC1. The molecule has 82 valence electrons. The van der Waals surface area contributed by atoms with Crippen LogP contribution in [0, 0.1) is 5.92 Å². The first kappa shape index (κ1) is 11.5. The number of nitrogens with zero attached hydrogens (tertiary/aromatic N) is 1. The van der Waals surface area contributed by atoms with E-state index >= 15 is 0 Å². The first-order valence-corrected chi connectivity index (χ1v) is 5.56. The molecule has 1 rings (SSSR count). The van der Waals surface area contributed by atoms with Gasteiger partial charge in [0.2, 0.25) is 0 Å². The zero-order valence-electron chi connectivity index (χ0n) is 9.45. The highest BCUT2D eigenvalue weighted by molar-refractivity contribution is 5.72. The first-order chi connectivity index (χ1) is 6.63. The summed E-state index contributed by atoms with van der Waals surface area (Å²) in [6, 6.07) is 0. The van der Waals surface area contributed by atoms with Crippen LogP contribution in [0.15, 0.2) is 0 Å². The fraction of sp³-hybridized carbons (Fsp3) is 0.909. The van der Waals surface area contributed by atoms with Crippen LogP contribution in [0.3, 0.4) is 0 Å². The molecule has 0 bridgehead atoms. The van der Waals surface area contributed by atoms with E-state index in [4.69, 9.17) is 4.74 Å². The fourth-order valence-corrected chi connectivity index (χ4v) is 1.81. The Labute approximate surface area is 86.4 Å². The highest BCUT2D eigenvalue weighted by Gasteiger charge is 2.25. The quantitative estimate of drug-likeness (QED) is 0.648. The van der Waals surface area contributed by atoms with Crippen LogP contribution in [0.5, 0.6) is 0 Å². The van der Waals surface area contributed by atoms with Gasteiger partial charge in [-0.2, -0.15) is 0 Å². The third-order valence-electron chi connectivity index (χ3n) is 2.72. The maximum absolute atomic E-state index is 11.6. The molecular formula is C11H21NO2. The predicted octanol–water partition coefficient (Wildman–Crippen LogP) is 1.67. The number of ether oxygens (including phenoxy) is 1. The minimum absolute atomic E-state index is 0.00393. The monoisotopic (exact) mass is 199 g/mol. The van der Waals surface area contributed by atoms with Gasteiger partial charge in [-0.3, -0.25) is 4.79 Å². The van der Waals surface area contributed by atoms with Crippen LogP contribution in [0.25, 0.3) is 0 Å². The van der Waals surface area contributed by atoms with Crippen LogP contribution in [0.4, 0.5) is 0 Å². The topological polar surface area (TPSA) is 29.5 Å². The van der Waals surface area contributed by atoms with Crippen molar-refractivity contribution in [1.29, 1.82) is 0 Å². The largest absolute Gasteiger partial charge is 0.463 e. The van der Waals surface area contributed by atoms with Crippen molar-refractivity contribution >= 4 is 5.97 Å². The van der Waals surface area contributed by atoms with Gasteiger partial charge in [-0.15, -0.1) is 0 Å². The minimum Gasteiger partial charge on any atom is -0.463 e. The van der Waals surface area contributed by atoms with Gasteiger partial charge in [0.25, 0.3) is 0 Å². The van der Waals surface area contributed by atoms with E-state index in [9.17, 15) is 4.79 Å². The van der Waals surface area contributed by atoms with E-state index in [-0.39, 0.29) is 18.0 Å². The Morgan fingerprint density at radius 2 is 2.00 bits per heavy atom. The minimum atomic E-state index is -0.00393. The zero-order chi connectivity index (χ0) is 10.6. The molecule has 0 aliphatic carbocycles. The van der Waals surface area contributed by atoms with Crippen molar-refractivity contribution in [2.24, 2.45) is 5.92 Å². The Bertz CT molecular complexity index is 184. The van der Waals surface area contributed by atoms with Crippen molar-refractivity contribution in [2.45, 2.75) is 39.7 Å². The second-order valence-electron chi connectivity index (χ2n) is 4.19. The van der Waals surface area contributed by atoms with Crippen LogP contribution in [-0.4, -0.2) is 36.6 Å². The van der Waals surface area contributed by atoms with Gasteiger partial charge in [-0.05, 0) is 46.3 Å². The molecule has 0 saturated carbocycles. The van der Waals surface area contributed by atoms with E-state index in [1.807, 2.05) is 13.8 Å². The summed E-state index contributed by atoms with van der Waals surface area (Å²) in [7, 11) is 0.